The summed E-state index contributed by atoms with van der Waals surface area (Å²) in [4.78, 5) is 12.2. The Morgan fingerprint density at radius 2 is 2.14 bits per heavy atom. The second-order valence-corrected chi connectivity index (χ2v) is 13.0. The highest BCUT2D eigenvalue weighted by atomic mass is 35.5. The summed E-state index contributed by atoms with van der Waals surface area (Å²) in [6, 6.07) is 3.75. The molecule has 5 rings (SSSR count). The lowest BCUT2D eigenvalue weighted by atomic mass is 9.76. The molecule has 1 spiro atoms. The Hall–Kier alpha value is -1.89. The van der Waals surface area contributed by atoms with Crippen molar-refractivity contribution in [3.05, 3.63) is 34.7 Å². The lowest BCUT2D eigenvalue weighted by Gasteiger charge is -2.43. The maximum Gasteiger partial charge on any atom is 0.155 e. The molecular weight excluding hydrogens is 502 g/mol. The first-order valence-electron chi connectivity index (χ1n) is 12.0. The number of rotatable bonds is 6. The summed E-state index contributed by atoms with van der Waals surface area (Å²) in [6.07, 6.45) is 4.93. The maximum atomic E-state index is 9.83. The minimum absolute atomic E-state index is 0.142. The van der Waals surface area contributed by atoms with Gasteiger partial charge in [-0.15, -0.1) is 0 Å². The van der Waals surface area contributed by atoms with E-state index < -0.39 is 0 Å². The zero-order valence-corrected chi connectivity index (χ0v) is 23.1. The van der Waals surface area contributed by atoms with Gasteiger partial charge in [-0.1, -0.05) is 23.4 Å². The van der Waals surface area contributed by atoms with Gasteiger partial charge in [0, 0.05) is 33.7 Å². The molecule has 0 aliphatic carbocycles. The molecule has 2 atom stereocenters. The van der Waals surface area contributed by atoms with Gasteiger partial charge in [0.2, 0.25) is 0 Å². The number of nitrogens with two attached hydrogens (primary N) is 2. The van der Waals surface area contributed by atoms with Crippen LogP contribution in [0.1, 0.15) is 31.2 Å². The lowest BCUT2D eigenvalue weighted by Crippen LogP contribution is -2.45. The van der Waals surface area contributed by atoms with Crippen LogP contribution in [-0.4, -0.2) is 66.2 Å². The van der Waals surface area contributed by atoms with Gasteiger partial charge in [-0.2, -0.15) is 5.10 Å². The molecule has 0 radical (unpaired) electrons. The largest absolute Gasteiger partial charge is 0.390 e. The molecule has 0 aromatic carbocycles. The molecule has 35 heavy (non-hydrogen) atoms. The first-order valence-corrected chi connectivity index (χ1v) is 15.0. The fourth-order valence-electron chi connectivity index (χ4n) is 5.63. The molecular formula is C23H32ClN7O2SSi. The molecule has 2 saturated heterocycles. The van der Waals surface area contributed by atoms with Crippen molar-refractivity contribution in [2.24, 2.45) is 11.1 Å². The normalized spacial score (nSPS) is 22.3. The second kappa shape index (κ2) is 9.87. The topological polar surface area (TPSA) is 128 Å². The van der Waals surface area contributed by atoms with Crippen molar-refractivity contribution < 1.29 is 9.84 Å². The maximum absolute atomic E-state index is 9.83. The number of anilines is 2. The molecule has 2 aliphatic rings. The van der Waals surface area contributed by atoms with Gasteiger partial charge in [0.15, 0.2) is 5.82 Å². The number of nitrogen functional groups attached to an aromatic ring is 1. The number of halogens is 1. The van der Waals surface area contributed by atoms with Gasteiger partial charge in [-0.25, -0.2) is 14.5 Å². The Balaban J connectivity index is 1.48. The molecule has 0 bridgehead atoms. The van der Waals surface area contributed by atoms with Crippen LogP contribution in [0.3, 0.4) is 0 Å². The summed E-state index contributed by atoms with van der Waals surface area (Å²) in [6.45, 7) is 6.71. The second-order valence-electron chi connectivity index (χ2n) is 9.58. The van der Waals surface area contributed by atoms with E-state index in [1.54, 1.807) is 6.20 Å². The minimum Gasteiger partial charge on any atom is -0.390 e. The third-order valence-electron chi connectivity index (χ3n) is 7.54. The van der Waals surface area contributed by atoms with Crippen molar-refractivity contribution in [1.82, 2.24) is 19.6 Å². The summed E-state index contributed by atoms with van der Waals surface area (Å²) < 4.78 is 8.00. The third-order valence-corrected chi connectivity index (χ3v) is 11.8. The van der Waals surface area contributed by atoms with Crippen molar-refractivity contribution >= 4 is 50.0 Å². The molecule has 3 aromatic rings. The number of pyridine rings is 1. The van der Waals surface area contributed by atoms with Crippen LogP contribution in [0.15, 0.2) is 28.3 Å². The van der Waals surface area contributed by atoms with Crippen LogP contribution in [0.5, 0.6) is 0 Å². The van der Waals surface area contributed by atoms with Crippen LogP contribution in [0, 0.1) is 12.3 Å². The van der Waals surface area contributed by atoms with Crippen LogP contribution in [-0.2, 0) is 11.3 Å². The Bertz CT molecular complexity index is 1230. The van der Waals surface area contributed by atoms with Gasteiger partial charge in [0.25, 0.3) is 0 Å². The van der Waals surface area contributed by atoms with E-state index in [-0.39, 0.29) is 27.4 Å². The van der Waals surface area contributed by atoms with Crippen LogP contribution in [0.25, 0.3) is 5.52 Å². The average molecular weight is 534 g/mol. The number of aromatic nitrogens is 4. The standard InChI is InChI=1S/C23H32ClN7O2SSi/c1-13-22(34-17-3-6-27-20(26)18(17)24)31-16(9-15(10-32)29-31)21(28-13)30-7-4-23(5-8-30)11-33-14(2)19(23)35-12-25/h3,6,9,14,19,32H,4-5,7-8,10-12,25,35H2,1-2H3,(H2,26,27)/t14-,19?/m0/s1. The van der Waals surface area contributed by atoms with E-state index >= 15 is 0 Å². The molecule has 188 valence electrons. The van der Waals surface area contributed by atoms with E-state index in [4.69, 9.17) is 32.8 Å². The first-order chi connectivity index (χ1) is 16.9. The monoisotopic (exact) mass is 533 g/mol. The van der Waals surface area contributed by atoms with Gasteiger partial charge in [-0.3, -0.25) is 0 Å². The molecule has 0 amide bonds. The summed E-state index contributed by atoms with van der Waals surface area (Å²) in [7, 11) is -0.361. The van der Waals surface area contributed by atoms with Crippen molar-refractivity contribution in [3.8, 4) is 0 Å². The fraction of sp³-hybridized carbons (Fsp3) is 0.522. The van der Waals surface area contributed by atoms with E-state index in [0.29, 0.717) is 22.4 Å². The minimum atomic E-state index is -0.361. The summed E-state index contributed by atoms with van der Waals surface area (Å²) in [5.41, 5.74) is 15.1. The van der Waals surface area contributed by atoms with Gasteiger partial charge < -0.3 is 26.2 Å². The molecule has 12 heteroatoms. The number of fused-ring (bicyclic) bond motifs is 1. The molecule has 2 fully saturated rings. The van der Waals surface area contributed by atoms with Gasteiger partial charge in [-0.05, 0) is 55.9 Å². The number of hydrogen-bond donors (Lipinski definition) is 3. The molecule has 9 nitrogen and oxygen atoms in total. The number of aliphatic hydroxyl groups is 1. The van der Waals surface area contributed by atoms with E-state index in [0.717, 1.165) is 65.7 Å². The number of aliphatic hydroxyl groups excluding tert-OH is 1. The predicted octanol–water partition coefficient (Wildman–Crippen LogP) is 2.19. The number of nitrogens with zero attached hydrogens (tertiary/aromatic N) is 5. The SMILES string of the molecule is Cc1nc(N2CCC3(CC2)CO[C@@H](C)C3[SiH2]CN)c2cc(CO)nn2c1Sc1ccnc(N)c1Cl. The van der Waals surface area contributed by atoms with Crippen LogP contribution < -0.4 is 16.4 Å². The zero-order chi connectivity index (χ0) is 24.7. The van der Waals surface area contributed by atoms with E-state index in [9.17, 15) is 5.11 Å². The Labute approximate surface area is 216 Å². The van der Waals surface area contributed by atoms with Crippen LogP contribution in [0.2, 0.25) is 10.6 Å². The molecule has 3 aromatic heterocycles. The van der Waals surface area contributed by atoms with Gasteiger partial charge in [0.05, 0.1) is 35.7 Å². The quantitative estimate of drug-likeness (QED) is 0.408. The zero-order valence-electron chi connectivity index (χ0n) is 20.1. The Kier molecular flexibility index (Phi) is 6.99. The van der Waals surface area contributed by atoms with Crippen molar-refractivity contribution in [2.75, 3.05) is 36.5 Å². The molecule has 2 aliphatic heterocycles. The van der Waals surface area contributed by atoms with Gasteiger partial charge >= 0.3 is 0 Å². The lowest BCUT2D eigenvalue weighted by molar-refractivity contribution is 0.0976. The summed E-state index contributed by atoms with van der Waals surface area (Å²) in [5, 5.41) is 15.7. The van der Waals surface area contributed by atoms with Crippen molar-refractivity contribution in [1.29, 1.82) is 0 Å². The van der Waals surface area contributed by atoms with Crippen LogP contribution >= 0.6 is 23.4 Å². The van der Waals surface area contributed by atoms with Crippen LogP contribution in [0.4, 0.5) is 11.6 Å². The smallest absolute Gasteiger partial charge is 0.155 e. The number of ether oxygens (including phenoxy) is 1. The summed E-state index contributed by atoms with van der Waals surface area (Å²) >= 11 is 7.86. The number of aryl methyl sites for hydroxylation is 1. The number of piperidine rings is 1. The van der Waals surface area contributed by atoms with Crippen molar-refractivity contribution in [2.45, 2.75) is 54.9 Å². The Morgan fingerprint density at radius 1 is 1.37 bits per heavy atom. The highest BCUT2D eigenvalue weighted by Crippen LogP contribution is 2.50. The molecule has 1 unspecified atom stereocenters. The van der Waals surface area contributed by atoms with E-state index in [1.807, 2.05) is 23.6 Å². The fourth-order valence-corrected chi connectivity index (χ4v) is 8.91. The van der Waals surface area contributed by atoms with Crippen molar-refractivity contribution in [3.63, 3.8) is 0 Å². The first kappa shape index (κ1) is 24.8. The van der Waals surface area contributed by atoms with E-state index in [1.165, 1.54) is 11.8 Å². The molecule has 5 heterocycles. The highest BCUT2D eigenvalue weighted by Gasteiger charge is 2.49. The summed E-state index contributed by atoms with van der Waals surface area (Å²) in [5.74, 6) is 1.18. The molecule has 5 N–H and O–H groups in total. The molecule has 0 saturated carbocycles. The van der Waals surface area contributed by atoms with E-state index in [2.05, 4.69) is 21.9 Å². The van der Waals surface area contributed by atoms with Gasteiger partial charge in [0.1, 0.15) is 16.4 Å². The highest BCUT2D eigenvalue weighted by molar-refractivity contribution is 7.99. The Morgan fingerprint density at radius 3 is 2.86 bits per heavy atom. The predicted molar refractivity (Wildman–Crippen MR) is 142 cm³/mol. The third kappa shape index (κ3) is 4.42. The average Bonchev–Trinajstić information content (AvgIpc) is 3.42. The number of hydrogen-bond acceptors (Lipinski definition) is 9.